The fourth-order valence-corrected chi connectivity index (χ4v) is 1.38. The highest BCUT2D eigenvalue weighted by Gasteiger charge is 2.21. The summed E-state index contributed by atoms with van der Waals surface area (Å²) in [5.74, 6) is -1.01. The van der Waals surface area contributed by atoms with Crippen molar-refractivity contribution in [3.63, 3.8) is 0 Å². The molecular weight excluding hydrogens is 220 g/mol. The van der Waals surface area contributed by atoms with Gasteiger partial charge in [0.1, 0.15) is 0 Å². The Morgan fingerprint density at radius 3 is 2.35 bits per heavy atom. The van der Waals surface area contributed by atoms with Gasteiger partial charge in [-0.15, -0.1) is 0 Å². The molecule has 0 radical (unpaired) electrons. The Labute approximate surface area is 102 Å². The van der Waals surface area contributed by atoms with Crippen molar-refractivity contribution in [3.8, 4) is 0 Å². The maximum absolute atomic E-state index is 13.0. The Bertz CT molecular complexity index is 372. The molecule has 0 amide bonds. The zero-order valence-corrected chi connectivity index (χ0v) is 11.0. The molecule has 0 fully saturated rings. The van der Waals surface area contributed by atoms with E-state index in [1.165, 1.54) is 12.1 Å². The summed E-state index contributed by atoms with van der Waals surface area (Å²) in [5, 5.41) is 3.28. The van der Waals surface area contributed by atoms with Gasteiger partial charge in [-0.2, -0.15) is 0 Å². The van der Waals surface area contributed by atoms with Gasteiger partial charge in [-0.3, -0.25) is 0 Å². The molecule has 0 bridgehead atoms. The van der Waals surface area contributed by atoms with Gasteiger partial charge >= 0.3 is 0 Å². The molecule has 0 heterocycles. The number of nitrogens with one attached hydrogen (secondary N) is 1. The minimum atomic E-state index is -0.795. The van der Waals surface area contributed by atoms with Crippen LogP contribution >= 0.6 is 0 Å². The Morgan fingerprint density at radius 2 is 1.82 bits per heavy atom. The van der Waals surface area contributed by atoms with Crippen LogP contribution in [0.25, 0.3) is 0 Å². The first-order chi connectivity index (χ1) is 7.83. The average molecular weight is 241 g/mol. The lowest BCUT2D eigenvalue weighted by Gasteiger charge is -2.29. The van der Waals surface area contributed by atoms with E-state index < -0.39 is 11.6 Å². The van der Waals surface area contributed by atoms with Gasteiger partial charge in [0.05, 0.1) is 0 Å². The zero-order chi connectivity index (χ0) is 13.1. The van der Waals surface area contributed by atoms with Crippen molar-refractivity contribution >= 4 is 0 Å². The minimum Gasteiger partial charge on any atom is -0.312 e. The predicted octanol–water partition coefficient (Wildman–Crippen LogP) is 3.74. The summed E-state index contributed by atoms with van der Waals surface area (Å²) in [4.78, 5) is 0. The Morgan fingerprint density at radius 1 is 1.18 bits per heavy atom. The monoisotopic (exact) mass is 241 g/mol. The standard InChI is InChI=1S/C14H21F2N/c1-10(2)14(3,4)9-17-8-11-5-6-12(15)13(16)7-11/h5-7,10,17H,8-9H2,1-4H3. The van der Waals surface area contributed by atoms with Gasteiger partial charge in [-0.25, -0.2) is 8.78 Å². The van der Waals surface area contributed by atoms with Crippen molar-refractivity contribution in [2.45, 2.75) is 34.2 Å². The number of halogens is 2. The summed E-state index contributed by atoms with van der Waals surface area (Å²) >= 11 is 0. The topological polar surface area (TPSA) is 12.0 Å². The molecule has 1 aromatic rings. The highest BCUT2D eigenvalue weighted by Crippen LogP contribution is 2.24. The molecule has 0 unspecified atom stereocenters. The molecule has 0 aliphatic rings. The predicted molar refractivity (Wildman–Crippen MR) is 66.7 cm³/mol. The molecule has 0 aromatic heterocycles. The molecule has 0 atom stereocenters. The van der Waals surface area contributed by atoms with E-state index >= 15 is 0 Å². The SMILES string of the molecule is CC(C)C(C)(C)CNCc1ccc(F)c(F)c1. The van der Waals surface area contributed by atoms with Gasteiger partial charge in [0.15, 0.2) is 11.6 Å². The molecule has 0 spiro atoms. The van der Waals surface area contributed by atoms with E-state index in [1.807, 2.05) is 0 Å². The van der Waals surface area contributed by atoms with E-state index in [2.05, 4.69) is 33.0 Å². The van der Waals surface area contributed by atoms with E-state index in [-0.39, 0.29) is 5.41 Å². The molecule has 96 valence electrons. The van der Waals surface area contributed by atoms with E-state index in [1.54, 1.807) is 6.07 Å². The third kappa shape index (κ3) is 4.08. The van der Waals surface area contributed by atoms with Crippen molar-refractivity contribution in [1.82, 2.24) is 5.32 Å². The number of hydrogen-bond acceptors (Lipinski definition) is 1. The van der Waals surface area contributed by atoms with Crippen molar-refractivity contribution < 1.29 is 8.78 Å². The second-order valence-corrected chi connectivity index (χ2v) is 5.50. The first kappa shape index (κ1) is 14.1. The number of benzene rings is 1. The van der Waals surface area contributed by atoms with E-state index in [0.29, 0.717) is 12.5 Å². The normalized spacial score (nSPS) is 12.2. The summed E-state index contributed by atoms with van der Waals surface area (Å²) in [6.07, 6.45) is 0. The zero-order valence-electron chi connectivity index (χ0n) is 11.0. The number of hydrogen-bond donors (Lipinski definition) is 1. The Kier molecular flexibility index (Phi) is 4.63. The highest BCUT2D eigenvalue weighted by molar-refractivity contribution is 5.17. The molecule has 1 N–H and O–H groups in total. The molecule has 0 saturated heterocycles. The lowest BCUT2D eigenvalue weighted by atomic mass is 9.81. The van der Waals surface area contributed by atoms with Gasteiger partial charge in [0.25, 0.3) is 0 Å². The second-order valence-electron chi connectivity index (χ2n) is 5.50. The lowest BCUT2D eigenvalue weighted by molar-refractivity contribution is 0.238. The third-order valence-electron chi connectivity index (χ3n) is 3.46. The maximum atomic E-state index is 13.0. The molecular formula is C14H21F2N. The van der Waals surface area contributed by atoms with E-state index in [0.717, 1.165) is 12.1 Å². The maximum Gasteiger partial charge on any atom is 0.159 e. The molecule has 0 saturated carbocycles. The van der Waals surface area contributed by atoms with Crippen LogP contribution < -0.4 is 5.32 Å². The summed E-state index contributed by atoms with van der Waals surface area (Å²) in [7, 11) is 0. The van der Waals surface area contributed by atoms with Crippen LogP contribution in [0, 0.1) is 23.0 Å². The van der Waals surface area contributed by atoms with Crippen LogP contribution in [0.3, 0.4) is 0 Å². The fourth-order valence-electron chi connectivity index (χ4n) is 1.38. The van der Waals surface area contributed by atoms with Gasteiger partial charge < -0.3 is 5.32 Å². The van der Waals surface area contributed by atoms with Crippen LogP contribution in [0.2, 0.25) is 0 Å². The summed E-state index contributed by atoms with van der Waals surface area (Å²) in [6, 6.07) is 4.01. The van der Waals surface area contributed by atoms with Crippen molar-refractivity contribution in [3.05, 3.63) is 35.4 Å². The fraction of sp³-hybridized carbons (Fsp3) is 0.571. The summed E-state index contributed by atoms with van der Waals surface area (Å²) in [5.41, 5.74) is 0.960. The summed E-state index contributed by atoms with van der Waals surface area (Å²) in [6.45, 7) is 10.2. The van der Waals surface area contributed by atoms with Crippen molar-refractivity contribution in [2.75, 3.05) is 6.54 Å². The first-order valence-electron chi connectivity index (χ1n) is 5.97. The van der Waals surface area contributed by atoms with Crippen LogP contribution in [-0.4, -0.2) is 6.54 Å². The summed E-state index contributed by atoms with van der Waals surface area (Å²) < 4.78 is 25.7. The van der Waals surface area contributed by atoms with Crippen LogP contribution in [0.15, 0.2) is 18.2 Å². The second kappa shape index (κ2) is 5.58. The van der Waals surface area contributed by atoms with Gasteiger partial charge in [-0.1, -0.05) is 33.8 Å². The average Bonchev–Trinajstić information content (AvgIpc) is 2.23. The molecule has 0 aliphatic carbocycles. The van der Waals surface area contributed by atoms with Crippen LogP contribution in [0.1, 0.15) is 33.3 Å². The Hall–Kier alpha value is -0.960. The number of rotatable bonds is 5. The van der Waals surface area contributed by atoms with E-state index in [9.17, 15) is 8.78 Å². The molecule has 17 heavy (non-hydrogen) atoms. The third-order valence-corrected chi connectivity index (χ3v) is 3.46. The molecule has 1 rings (SSSR count). The van der Waals surface area contributed by atoms with Crippen molar-refractivity contribution in [1.29, 1.82) is 0 Å². The Balaban J connectivity index is 2.49. The molecule has 1 nitrogen and oxygen atoms in total. The van der Waals surface area contributed by atoms with Crippen LogP contribution in [0.4, 0.5) is 8.78 Å². The quantitative estimate of drug-likeness (QED) is 0.828. The van der Waals surface area contributed by atoms with Crippen LogP contribution in [0.5, 0.6) is 0 Å². The van der Waals surface area contributed by atoms with Gasteiger partial charge in [-0.05, 0) is 29.0 Å². The molecule has 3 heteroatoms. The molecule has 0 aliphatic heterocycles. The minimum absolute atomic E-state index is 0.193. The first-order valence-corrected chi connectivity index (χ1v) is 5.97. The molecule has 1 aromatic carbocycles. The van der Waals surface area contributed by atoms with Crippen molar-refractivity contribution in [2.24, 2.45) is 11.3 Å². The smallest absolute Gasteiger partial charge is 0.159 e. The highest BCUT2D eigenvalue weighted by atomic mass is 19.2. The lowest BCUT2D eigenvalue weighted by Crippen LogP contribution is -2.33. The van der Waals surface area contributed by atoms with Gasteiger partial charge in [0, 0.05) is 13.1 Å². The van der Waals surface area contributed by atoms with Crippen LogP contribution in [-0.2, 0) is 6.54 Å². The van der Waals surface area contributed by atoms with Gasteiger partial charge in [0.2, 0.25) is 0 Å². The largest absolute Gasteiger partial charge is 0.312 e. The van der Waals surface area contributed by atoms with E-state index in [4.69, 9.17) is 0 Å².